The van der Waals surface area contributed by atoms with Crippen molar-refractivity contribution in [3.8, 4) is 11.4 Å². The van der Waals surface area contributed by atoms with Gasteiger partial charge in [-0.1, -0.05) is 12.1 Å². The minimum Gasteiger partial charge on any atom is -0.398 e. The van der Waals surface area contributed by atoms with E-state index < -0.39 is 0 Å². The second-order valence-electron chi connectivity index (χ2n) is 4.18. The van der Waals surface area contributed by atoms with Gasteiger partial charge in [0.05, 0.1) is 11.7 Å². The van der Waals surface area contributed by atoms with Gasteiger partial charge in [0.2, 0.25) is 0 Å². The molecule has 5 heteroatoms. The molecule has 0 unspecified atom stereocenters. The third kappa shape index (κ3) is 1.69. The van der Waals surface area contributed by atoms with Crippen LogP contribution in [0.4, 0.5) is 10.1 Å². The van der Waals surface area contributed by atoms with Crippen molar-refractivity contribution in [3.63, 3.8) is 0 Å². The summed E-state index contributed by atoms with van der Waals surface area (Å²) in [6.07, 6.45) is 1.15. The number of hydrogen-bond acceptors (Lipinski definition) is 3. The second-order valence-corrected chi connectivity index (χ2v) is 4.18. The number of aromatic nitrogens is 3. The third-order valence-corrected chi connectivity index (χ3v) is 2.86. The maximum atomic E-state index is 13.0. The number of aromatic amines is 1. The highest BCUT2D eigenvalue weighted by atomic mass is 19.1. The third-order valence-electron chi connectivity index (χ3n) is 2.86. The number of anilines is 1. The lowest BCUT2D eigenvalue weighted by molar-refractivity contribution is 0.624. The zero-order chi connectivity index (χ0) is 12.7. The van der Waals surface area contributed by atoms with E-state index in [1.54, 1.807) is 0 Å². The lowest BCUT2D eigenvalue weighted by Gasteiger charge is -2.01. The van der Waals surface area contributed by atoms with Crippen LogP contribution >= 0.6 is 0 Å². The van der Waals surface area contributed by atoms with E-state index >= 15 is 0 Å². The van der Waals surface area contributed by atoms with Crippen LogP contribution in [0.15, 0.2) is 30.5 Å². The zero-order valence-electron chi connectivity index (χ0n) is 9.74. The fraction of sp³-hybridized carbons (Fsp3) is 0.0769. The molecule has 2 heterocycles. The van der Waals surface area contributed by atoms with Crippen molar-refractivity contribution in [1.82, 2.24) is 15.0 Å². The summed E-state index contributed by atoms with van der Waals surface area (Å²) in [7, 11) is 0. The Balaban J connectivity index is 2.16. The normalized spacial score (nSPS) is 11.0. The second kappa shape index (κ2) is 3.80. The van der Waals surface area contributed by atoms with E-state index in [4.69, 9.17) is 5.73 Å². The fourth-order valence-electron chi connectivity index (χ4n) is 1.80. The molecule has 0 amide bonds. The molecule has 1 aromatic carbocycles. The highest BCUT2D eigenvalue weighted by Crippen LogP contribution is 2.23. The number of benzene rings is 1. The lowest BCUT2D eigenvalue weighted by atomic mass is 10.1. The molecule has 0 aliphatic heterocycles. The van der Waals surface area contributed by atoms with Crippen LogP contribution in [0, 0.1) is 12.7 Å². The molecule has 18 heavy (non-hydrogen) atoms. The first-order chi connectivity index (χ1) is 8.63. The Morgan fingerprint density at radius 3 is 2.89 bits per heavy atom. The largest absolute Gasteiger partial charge is 0.398 e. The van der Waals surface area contributed by atoms with E-state index in [0.29, 0.717) is 22.7 Å². The molecule has 0 aliphatic rings. The Bertz CT molecular complexity index is 733. The minimum absolute atomic E-state index is 0.388. The smallest absolute Gasteiger partial charge is 0.178 e. The van der Waals surface area contributed by atoms with Gasteiger partial charge in [0.15, 0.2) is 5.65 Å². The fourth-order valence-corrected chi connectivity index (χ4v) is 1.80. The molecule has 3 N–H and O–H groups in total. The summed E-state index contributed by atoms with van der Waals surface area (Å²) in [5, 5.41) is 0. The quantitative estimate of drug-likeness (QED) is 0.644. The highest BCUT2D eigenvalue weighted by Gasteiger charge is 2.08. The van der Waals surface area contributed by atoms with E-state index in [1.165, 1.54) is 6.07 Å². The van der Waals surface area contributed by atoms with Crippen molar-refractivity contribution in [2.45, 2.75) is 6.92 Å². The van der Waals surface area contributed by atoms with Crippen LogP contribution in [0.2, 0.25) is 0 Å². The number of imidazole rings is 1. The van der Waals surface area contributed by atoms with Gasteiger partial charge in [0.1, 0.15) is 11.6 Å². The molecule has 0 saturated heterocycles. The Kier molecular flexibility index (Phi) is 2.26. The number of nitrogens with zero attached hydrogens (tertiary/aromatic N) is 2. The average Bonchev–Trinajstić information content (AvgIpc) is 2.75. The van der Waals surface area contributed by atoms with Gasteiger partial charge in [-0.15, -0.1) is 0 Å². The summed E-state index contributed by atoms with van der Waals surface area (Å²) in [5.41, 5.74) is 9.50. The van der Waals surface area contributed by atoms with Crippen LogP contribution in [0.5, 0.6) is 0 Å². The molecule has 3 rings (SSSR count). The average molecular weight is 242 g/mol. The minimum atomic E-state index is -0.388. The predicted octanol–water partition coefficient (Wildman–Crippen LogP) is 2.65. The highest BCUT2D eigenvalue weighted by molar-refractivity contribution is 5.76. The van der Waals surface area contributed by atoms with Crippen LogP contribution in [0.25, 0.3) is 22.6 Å². The molecule has 0 spiro atoms. The number of H-pyrrole nitrogens is 1. The first kappa shape index (κ1) is 10.7. The molecule has 0 radical (unpaired) electrons. The van der Waals surface area contributed by atoms with Crippen LogP contribution in [0.1, 0.15) is 5.56 Å². The van der Waals surface area contributed by atoms with Crippen molar-refractivity contribution in [2.75, 3.05) is 5.73 Å². The molecule has 0 saturated carbocycles. The maximum absolute atomic E-state index is 13.0. The van der Waals surface area contributed by atoms with E-state index in [2.05, 4.69) is 15.0 Å². The summed E-state index contributed by atoms with van der Waals surface area (Å²) < 4.78 is 13.0. The van der Waals surface area contributed by atoms with Gasteiger partial charge in [0.25, 0.3) is 0 Å². The standard InChI is InChI=1S/C13H11FN4/c1-7-2-3-8(4-10(7)15)12-17-11-5-9(14)6-16-13(11)18-12/h2-6H,15H2,1H3,(H,16,17,18). The molecule has 4 nitrogen and oxygen atoms in total. The van der Waals surface area contributed by atoms with Gasteiger partial charge in [-0.2, -0.15) is 0 Å². The first-order valence-electron chi connectivity index (χ1n) is 5.51. The van der Waals surface area contributed by atoms with Crippen LogP contribution in [-0.4, -0.2) is 15.0 Å². The van der Waals surface area contributed by atoms with Crippen molar-refractivity contribution < 1.29 is 4.39 Å². The number of halogens is 1. The predicted molar refractivity (Wildman–Crippen MR) is 68.4 cm³/mol. The Morgan fingerprint density at radius 1 is 1.28 bits per heavy atom. The molecule has 0 aliphatic carbocycles. The lowest BCUT2D eigenvalue weighted by Crippen LogP contribution is -1.90. The maximum Gasteiger partial charge on any atom is 0.178 e. The van der Waals surface area contributed by atoms with Crippen LogP contribution < -0.4 is 5.73 Å². The summed E-state index contributed by atoms with van der Waals surface area (Å²) in [6.45, 7) is 1.94. The van der Waals surface area contributed by atoms with Gasteiger partial charge < -0.3 is 10.7 Å². The molecule has 2 aromatic heterocycles. The van der Waals surface area contributed by atoms with Gasteiger partial charge in [-0.3, -0.25) is 0 Å². The number of hydrogen-bond donors (Lipinski definition) is 2. The summed E-state index contributed by atoms with van der Waals surface area (Å²) in [5.74, 6) is 0.246. The van der Waals surface area contributed by atoms with E-state index in [9.17, 15) is 4.39 Å². The van der Waals surface area contributed by atoms with Crippen LogP contribution in [0.3, 0.4) is 0 Å². The van der Waals surface area contributed by atoms with E-state index in [1.807, 2.05) is 25.1 Å². The first-order valence-corrected chi connectivity index (χ1v) is 5.51. The number of aryl methyl sites for hydroxylation is 1. The SMILES string of the molecule is Cc1ccc(-c2nc3ncc(F)cc3[nH]2)cc1N. The topological polar surface area (TPSA) is 67.6 Å². The number of pyridine rings is 1. The van der Waals surface area contributed by atoms with E-state index in [-0.39, 0.29) is 5.82 Å². The molecular weight excluding hydrogens is 231 g/mol. The number of nitrogen functional groups attached to an aromatic ring is 1. The summed E-state index contributed by atoms with van der Waals surface area (Å²) in [6, 6.07) is 7.05. The Labute approximate surface area is 103 Å². The Morgan fingerprint density at radius 2 is 2.11 bits per heavy atom. The molecule has 3 aromatic rings. The molecular formula is C13H11FN4. The van der Waals surface area contributed by atoms with Crippen molar-refractivity contribution in [3.05, 3.63) is 41.8 Å². The monoisotopic (exact) mass is 242 g/mol. The molecule has 0 bridgehead atoms. The number of fused-ring (bicyclic) bond motifs is 1. The Hall–Kier alpha value is -2.43. The van der Waals surface area contributed by atoms with Gasteiger partial charge >= 0.3 is 0 Å². The van der Waals surface area contributed by atoms with Gasteiger partial charge in [0, 0.05) is 17.3 Å². The molecule has 0 atom stereocenters. The van der Waals surface area contributed by atoms with Crippen molar-refractivity contribution >= 4 is 16.9 Å². The van der Waals surface area contributed by atoms with E-state index in [0.717, 1.165) is 17.3 Å². The van der Waals surface area contributed by atoms with Crippen LogP contribution in [-0.2, 0) is 0 Å². The number of nitrogens with two attached hydrogens (primary N) is 1. The number of nitrogens with one attached hydrogen (secondary N) is 1. The van der Waals surface area contributed by atoms with Gasteiger partial charge in [-0.25, -0.2) is 14.4 Å². The van der Waals surface area contributed by atoms with Crippen molar-refractivity contribution in [2.24, 2.45) is 0 Å². The molecule has 90 valence electrons. The van der Waals surface area contributed by atoms with Gasteiger partial charge in [-0.05, 0) is 18.6 Å². The zero-order valence-corrected chi connectivity index (χ0v) is 9.74. The van der Waals surface area contributed by atoms with Crippen molar-refractivity contribution in [1.29, 1.82) is 0 Å². The summed E-state index contributed by atoms with van der Waals surface area (Å²) >= 11 is 0. The summed E-state index contributed by atoms with van der Waals surface area (Å²) in [4.78, 5) is 11.3. The molecule has 0 fully saturated rings. The number of rotatable bonds is 1.